The zero-order valence-electron chi connectivity index (χ0n) is 11.3. The largest absolute Gasteiger partial charge is 0.467 e. The summed E-state index contributed by atoms with van der Waals surface area (Å²) < 4.78 is 5.02. The molecule has 1 aromatic carbocycles. The first kappa shape index (κ1) is 13.1. The molecular formula is C13H17N5O. The summed E-state index contributed by atoms with van der Waals surface area (Å²) in [4.78, 5) is 12.4. The Morgan fingerprint density at radius 1 is 1.05 bits per heavy atom. The van der Waals surface area contributed by atoms with Gasteiger partial charge >= 0.3 is 6.01 Å². The summed E-state index contributed by atoms with van der Waals surface area (Å²) in [5.74, 6) is 0.954. The van der Waals surface area contributed by atoms with E-state index in [1.165, 1.54) is 12.7 Å². The Bertz CT molecular complexity index is 519. The summed E-state index contributed by atoms with van der Waals surface area (Å²) in [5.41, 5.74) is 2.40. The topological polar surface area (TPSA) is 72.0 Å². The minimum Gasteiger partial charge on any atom is -0.467 e. The lowest BCUT2D eigenvalue weighted by Gasteiger charge is -2.08. The third-order valence-electron chi connectivity index (χ3n) is 2.59. The van der Waals surface area contributed by atoms with Crippen LogP contribution in [0.5, 0.6) is 6.01 Å². The van der Waals surface area contributed by atoms with Gasteiger partial charge in [0.05, 0.1) is 7.11 Å². The van der Waals surface area contributed by atoms with Crippen LogP contribution in [-0.4, -0.2) is 29.1 Å². The maximum Gasteiger partial charge on any atom is 0.322 e. The van der Waals surface area contributed by atoms with Gasteiger partial charge in [-0.25, -0.2) is 0 Å². The van der Waals surface area contributed by atoms with E-state index >= 15 is 0 Å². The molecule has 0 spiro atoms. The third kappa shape index (κ3) is 3.54. The lowest BCUT2D eigenvalue weighted by atomic mass is 10.1. The van der Waals surface area contributed by atoms with E-state index in [4.69, 9.17) is 4.74 Å². The van der Waals surface area contributed by atoms with Gasteiger partial charge in [-0.1, -0.05) is 29.8 Å². The molecule has 6 nitrogen and oxygen atoms in total. The first-order valence-electron chi connectivity index (χ1n) is 5.98. The highest BCUT2D eigenvalue weighted by Crippen LogP contribution is 2.11. The van der Waals surface area contributed by atoms with E-state index in [1.54, 1.807) is 7.05 Å². The zero-order chi connectivity index (χ0) is 13.7. The van der Waals surface area contributed by atoms with Crippen LogP contribution in [0.3, 0.4) is 0 Å². The van der Waals surface area contributed by atoms with Crippen molar-refractivity contribution >= 4 is 11.9 Å². The van der Waals surface area contributed by atoms with E-state index in [2.05, 4.69) is 56.8 Å². The molecule has 0 amide bonds. The van der Waals surface area contributed by atoms with Crippen LogP contribution in [0.15, 0.2) is 24.3 Å². The molecule has 2 N–H and O–H groups in total. The molecule has 6 heteroatoms. The Morgan fingerprint density at radius 3 is 2.37 bits per heavy atom. The molecule has 0 aliphatic heterocycles. The number of aromatic nitrogens is 3. The lowest BCUT2D eigenvalue weighted by Crippen LogP contribution is -2.08. The number of rotatable bonds is 5. The second kappa shape index (κ2) is 5.99. The molecule has 0 atom stereocenters. The molecule has 1 heterocycles. The van der Waals surface area contributed by atoms with E-state index in [0.717, 1.165) is 5.56 Å². The van der Waals surface area contributed by atoms with Gasteiger partial charge in [0.25, 0.3) is 0 Å². The van der Waals surface area contributed by atoms with Gasteiger partial charge in [0.15, 0.2) is 0 Å². The van der Waals surface area contributed by atoms with E-state index in [-0.39, 0.29) is 6.01 Å². The highest BCUT2D eigenvalue weighted by molar-refractivity contribution is 5.36. The van der Waals surface area contributed by atoms with Crippen LogP contribution in [0, 0.1) is 6.92 Å². The fourth-order valence-electron chi connectivity index (χ4n) is 1.53. The van der Waals surface area contributed by atoms with Crippen molar-refractivity contribution in [3.63, 3.8) is 0 Å². The highest BCUT2D eigenvalue weighted by atomic mass is 16.5. The van der Waals surface area contributed by atoms with Gasteiger partial charge in [0.2, 0.25) is 11.9 Å². The number of hydrogen-bond donors (Lipinski definition) is 2. The second-order valence-corrected chi connectivity index (χ2v) is 4.06. The van der Waals surface area contributed by atoms with Crippen molar-refractivity contribution in [3.8, 4) is 6.01 Å². The van der Waals surface area contributed by atoms with Crippen LogP contribution < -0.4 is 15.4 Å². The van der Waals surface area contributed by atoms with Crippen molar-refractivity contribution in [2.24, 2.45) is 0 Å². The average molecular weight is 259 g/mol. The summed E-state index contributed by atoms with van der Waals surface area (Å²) in [5, 5.41) is 6.01. The molecule has 0 unspecified atom stereocenters. The number of aryl methyl sites for hydroxylation is 1. The minimum absolute atomic E-state index is 0.283. The average Bonchev–Trinajstić information content (AvgIpc) is 2.46. The second-order valence-electron chi connectivity index (χ2n) is 4.06. The number of methoxy groups -OCH3 is 1. The van der Waals surface area contributed by atoms with Crippen molar-refractivity contribution in [3.05, 3.63) is 35.4 Å². The van der Waals surface area contributed by atoms with Crippen LogP contribution in [0.1, 0.15) is 11.1 Å². The molecule has 0 fully saturated rings. The molecule has 0 saturated carbocycles. The fraction of sp³-hybridized carbons (Fsp3) is 0.308. The normalized spacial score (nSPS) is 10.1. The zero-order valence-corrected chi connectivity index (χ0v) is 11.3. The predicted molar refractivity (Wildman–Crippen MR) is 74.4 cm³/mol. The van der Waals surface area contributed by atoms with Gasteiger partial charge in [-0.15, -0.1) is 0 Å². The maximum absolute atomic E-state index is 5.02. The summed E-state index contributed by atoms with van der Waals surface area (Å²) in [6, 6.07) is 8.57. The van der Waals surface area contributed by atoms with Crippen molar-refractivity contribution in [1.29, 1.82) is 0 Å². The van der Waals surface area contributed by atoms with E-state index < -0.39 is 0 Å². The van der Waals surface area contributed by atoms with Gasteiger partial charge in [-0.2, -0.15) is 15.0 Å². The van der Waals surface area contributed by atoms with Gasteiger partial charge < -0.3 is 15.4 Å². The number of hydrogen-bond acceptors (Lipinski definition) is 6. The fourth-order valence-corrected chi connectivity index (χ4v) is 1.53. The maximum atomic E-state index is 5.02. The molecule has 1 aromatic heterocycles. The molecule has 0 aliphatic rings. The summed E-state index contributed by atoms with van der Waals surface area (Å²) in [6.07, 6.45) is 0. The molecule has 0 radical (unpaired) electrons. The number of benzene rings is 1. The van der Waals surface area contributed by atoms with E-state index in [9.17, 15) is 0 Å². The van der Waals surface area contributed by atoms with E-state index in [0.29, 0.717) is 18.4 Å². The molecule has 0 aliphatic carbocycles. The molecule has 0 bridgehead atoms. The first-order valence-corrected chi connectivity index (χ1v) is 5.98. The summed E-state index contributed by atoms with van der Waals surface area (Å²) in [6.45, 7) is 2.71. The Hall–Kier alpha value is -2.37. The Balaban J connectivity index is 2.08. The van der Waals surface area contributed by atoms with Crippen molar-refractivity contribution in [2.45, 2.75) is 13.5 Å². The van der Waals surface area contributed by atoms with Gasteiger partial charge in [-0.3, -0.25) is 0 Å². The Kier molecular flexibility index (Phi) is 4.12. The van der Waals surface area contributed by atoms with Crippen LogP contribution >= 0.6 is 0 Å². The smallest absolute Gasteiger partial charge is 0.322 e. The Morgan fingerprint density at radius 2 is 1.74 bits per heavy atom. The SMILES string of the molecule is CNc1nc(NCc2ccc(C)cc2)nc(OC)n1. The molecule has 2 aromatic rings. The number of ether oxygens (including phenoxy) is 1. The molecule has 19 heavy (non-hydrogen) atoms. The van der Waals surface area contributed by atoms with Crippen molar-refractivity contribution in [2.75, 3.05) is 24.8 Å². The van der Waals surface area contributed by atoms with Crippen molar-refractivity contribution < 1.29 is 4.74 Å². The number of nitrogens with one attached hydrogen (secondary N) is 2. The van der Waals surface area contributed by atoms with Gasteiger partial charge in [0, 0.05) is 13.6 Å². The first-order chi connectivity index (χ1) is 9.21. The molecule has 100 valence electrons. The van der Waals surface area contributed by atoms with Crippen LogP contribution in [-0.2, 0) is 6.54 Å². The molecule has 0 saturated heterocycles. The Labute approximate surface area is 112 Å². The van der Waals surface area contributed by atoms with Gasteiger partial charge in [0.1, 0.15) is 0 Å². The monoisotopic (exact) mass is 259 g/mol. The van der Waals surface area contributed by atoms with Crippen molar-refractivity contribution in [1.82, 2.24) is 15.0 Å². The molecule has 2 rings (SSSR count). The predicted octanol–water partition coefficient (Wildman–Crippen LogP) is 1.84. The minimum atomic E-state index is 0.283. The van der Waals surface area contributed by atoms with Gasteiger partial charge in [-0.05, 0) is 12.5 Å². The quantitative estimate of drug-likeness (QED) is 0.853. The highest BCUT2D eigenvalue weighted by Gasteiger charge is 2.05. The summed E-state index contributed by atoms with van der Waals surface area (Å²) >= 11 is 0. The lowest BCUT2D eigenvalue weighted by molar-refractivity contribution is 0.379. The van der Waals surface area contributed by atoms with Crippen LogP contribution in [0.25, 0.3) is 0 Å². The van der Waals surface area contributed by atoms with Crippen LogP contribution in [0.4, 0.5) is 11.9 Å². The molecular weight excluding hydrogens is 242 g/mol. The van der Waals surface area contributed by atoms with Crippen LogP contribution in [0.2, 0.25) is 0 Å². The standard InChI is InChI=1S/C13H17N5O/c1-9-4-6-10(7-5-9)8-15-12-16-11(14-2)17-13(18-12)19-3/h4-7H,8H2,1-3H3,(H2,14,15,16,17,18). The number of nitrogens with zero attached hydrogens (tertiary/aromatic N) is 3. The van der Waals surface area contributed by atoms with E-state index in [1.807, 2.05) is 0 Å². The third-order valence-corrected chi connectivity index (χ3v) is 2.59. The summed E-state index contributed by atoms with van der Waals surface area (Å²) in [7, 11) is 3.27. The number of anilines is 2.